The monoisotopic (exact) mass is 319 g/mol. The highest BCUT2D eigenvalue weighted by Gasteiger charge is 2.23. The second-order valence-corrected chi connectivity index (χ2v) is 6.48. The van der Waals surface area contributed by atoms with Gasteiger partial charge in [0.1, 0.15) is 11.3 Å². The molecule has 98 valence electrons. The first-order valence-electron chi connectivity index (χ1n) is 6.09. The van der Waals surface area contributed by atoms with Gasteiger partial charge in [-0.3, -0.25) is 4.79 Å². The highest BCUT2D eigenvalue weighted by atomic mass is 79.9. The highest BCUT2D eigenvalue weighted by molar-refractivity contribution is 9.10. The second-order valence-electron chi connectivity index (χ2n) is 5.62. The zero-order valence-corrected chi connectivity index (χ0v) is 12.6. The second kappa shape index (κ2) is 3.93. The Labute approximate surface area is 119 Å². The fourth-order valence-electron chi connectivity index (χ4n) is 2.10. The van der Waals surface area contributed by atoms with Crippen LogP contribution in [0.25, 0.3) is 16.6 Å². The standard InChI is InChI=1S/C14H14BrN3O/c1-14(2,3)18-12-9(7-10(15)13(19)16-12)11(17-18)8-5-4-6-8/h4-7H,1-3H3,(H,16,19). The van der Waals surface area contributed by atoms with Crippen LogP contribution in [0.4, 0.5) is 0 Å². The van der Waals surface area contributed by atoms with Crippen LogP contribution in [-0.2, 0) is 5.54 Å². The van der Waals surface area contributed by atoms with E-state index in [-0.39, 0.29) is 11.1 Å². The van der Waals surface area contributed by atoms with Crippen LogP contribution in [0.2, 0.25) is 0 Å². The van der Waals surface area contributed by atoms with Crippen molar-refractivity contribution in [3.8, 4) is 0 Å². The van der Waals surface area contributed by atoms with E-state index in [1.54, 1.807) is 0 Å². The molecule has 2 aromatic heterocycles. The van der Waals surface area contributed by atoms with Gasteiger partial charge in [0, 0.05) is 11.0 Å². The average molecular weight is 320 g/mol. The fourth-order valence-corrected chi connectivity index (χ4v) is 2.42. The molecule has 0 amide bonds. The summed E-state index contributed by atoms with van der Waals surface area (Å²) in [5.74, 6) is 0. The Morgan fingerprint density at radius 1 is 1.37 bits per heavy atom. The van der Waals surface area contributed by atoms with Crippen molar-refractivity contribution in [1.82, 2.24) is 14.8 Å². The van der Waals surface area contributed by atoms with Crippen LogP contribution in [0.5, 0.6) is 0 Å². The Morgan fingerprint density at radius 2 is 2.05 bits per heavy atom. The summed E-state index contributed by atoms with van der Waals surface area (Å²) in [5, 5.41) is 5.63. The lowest BCUT2D eigenvalue weighted by atomic mass is 10.0. The molecule has 2 aromatic rings. The normalized spacial score (nSPS) is 14.6. The number of allylic oxidation sites excluding steroid dienone is 4. The summed E-state index contributed by atoms with van der Waals surface area (Å²) in [5.41, 5.74) is 2.43. The SMILES string of the molecule is CC(C)(C)n1nc(C2=CC=C2)c2cc(Br)c(=O)[nH]c21. The molecule has 2 heterocycles. The summed E-state index contributed by atoms with van der Waals surface area (Å²) in [6.07, 6.45) is 6.03. The number of halogens is 1. The predicted octanol–water partition coefficient (Wildman–Crippen LogP) is 3.20. The molecular formula is C14H14BrN3O. The molecule has 0 atom stereocenters. The summed E-state index contributed by atoms with van der Waals surface area (Å²) in [6.45, 7) is 6.19. The van der Waals surface area contributed by atoms with E-state index < -0.39 is 0 Å². The van der Waals surface area contributed by atoms with Crippen LogP contribution in [-0.4, -0.2) is 14.8 Å². The Kier molecular flexibility index (Phi) is 2.57. The molecule has 5 heteroatoms. The summed E-state index contributed by atoms with van der Waals surface area (Å²) in [4.78, 5) is 14.7. The van der Waals surface area contributed by atoms with Gasteiger partial charge in [-0.25, -0.2) is 4.68 Å². The van der Waals surface area contributed by atoms with Gasteiger partial charge in [-0.05, 0) is 42.8 Å². The van der Waals surface area contributed by atoms with Crippen molar-refractivity contribution in [3.05, 3.63) is 44.8 Å². The Hall–Kier alpha value is -1.62. The molecule has 1 aliphatic carbocycles. The van der Waals surface area contributed by atoms with Crippen molar-refractivity contribution in [2.45, 2.75) is 26.3 Å². The largest absolute Gasteiger partial charge is 0.306 e. The third kappa shape index (κ3) is 1.89. The van der Waals surface area contributed by atoms with Crippen LogP contribution in [0.15, 0.2) is 33.6 Å². The molecule has 3 rings (SSSR count). The van der Waals surface area contributed by atoms with Gasteiger partial charge in [0.25, 0.3) is 5.56 Å². The van der Waals surface area contributed by atoms with Crippen LogP contribution >= 0.6 is 15.9 Å². The van der Waals surface area contributed by atoms with E-state index in [9.17, 15) is 4.79 Å². The molecular weight excluding hydrogens is 306 g/mol. The molecule has 0 radical (unpaired) electrons. The first-order valence-corrected chi connectivity index (χ1v) is 6.88. The number of nitrogens with one attached hydrogen (secondary N) is 1. The van der Waals surface area contributed by atoms with Crippen LogP contribution in [0.3, 0.4) is 0 Å². The maximum Gasteiger partial charge on any atom is 0.263 e. The van der Waals surface area contributed by atoms with Crippen molar-refractivity contribution >= 4 is 32.5 Å². The van der Waals surface area contributed by atoms with E-state index in [2.05, 4.69) is 46.8 Å². The van der Waals surface area contributed by atoms with Gasteiger partial charge < -0.3 is 4.98 Å². The third-order valence-electron chi connectivity index (χ3n) is 3.10. The van der Waals surface area contributed by atoms with Gasteiger partial charge in [0.2, 0.25) is 0 Å². The maximum absolute atomic E-state index is 11.8. The molecule has 19 heavy (non-hydrogen) atoms. The van der Waals surface area contributed by atoms with E-state index in [0.29, 0.717) is 4.47 Å². The number of aromatic amines is 1. The minimum Gasteiger partial charge on any atom is -0.306 e. The molecule has 0 bridgehead atoms. The van der Waals surface area contributed by atoms with Crippen molar-refractivity contribution < 1.29 is 0 Å². The first kappa shape index (κ1) is 12.4. The molecule has 0 saturated carbocycles. The van der Waals surface area contributed by atoms with E-state index in [0.717, 1.165) is 22.3 Å². The van der Waals surface area contributed by atoms with Gasteiger partial charge in [-0.2, -0.15) is 5.10 Å². The number of hydrogen-bond acceptors (Lipinski definition) is 2. The zero-order chi connectivity index (χ0) is 13.8. The highest BCUT2D eigenvalue weighted by Crippen LogP contribution is 2.31. The summed E-state index contributed by atoms with van der Waals surface area (Å²) in [7, 11) is 0. The van der Waals surface area contributed by atoms with E-state index in [4.69, 9.17) is 0 Å². The fraction of sp³-hybridized carbons (Fsp3) is 0.286. The van der Waals surface area contributed by atoms with Gasteiger partial charge in [-0.1, -0.05) is 18.2 Å². The van der Waals surface area contributed by atoms with E-state index in [1.807, 2.05) is 29.0 Å². The van der Waals surface area contributed by atoms with E-state index >= 15 is 0 Å². The summed E-state index contributed by atoms with van der Waals surface area (Å²) >= 11 is 3.28. The number of hydrogen-bond donors (Lipinski definition) is 1. The molecule has 0 saturated heterocycles. The van der Waals surface area contributed by atoms with Crippen molar-refractivity contribution in [1.29, 1.82) is 0 Å². The number of pyridine rings is 1. The van der Waals surface area contributed by atoms with Crippen LogP contribution < -0.4 is 5.56 Å². The molecule has 4 nitrogen and oxygen atoms in total. The van der Waals surface area contributed by atoms with E-state index in [1.165, 1.54) is 0 Å². The minimum absolute atomic E-state index is 0.136. The number of rotatable bonds is 1. The predicted molar refractivity (Wildman–Crippen MR) is 80.2 cm³/mol. The lowest BCUT2D eigenvalue weighted by Crippen LogP contribution is -2.24. The number of fused-ring (bicyclic) bond motifs is 1. The maximum atomic E-state index is 11.8. The molecule has 0 aliphatic heterocycles. The molecule has 1 N–H and O–H groups in total. The number of H-pyrrole nitrogens is 1. The van der Waals surface area contributed by atoms with Crippen LogP contribution in [0.1, 0.15) is 26.5 Å². The van der Waals surface area contributed by atoms with Crippen molar-refractivity contribution in [3.63, 3.8) is 0 Å². The average Bonchev–Trinajstić information content (AvgIpc) is 2.56. The Balaban J connectivity index is 2.39. The van der Waals surface area contributed by atoms with Gasteiger partial charge >= 0.3 is 0 Å². The quantitative estimate of drug-likeness (QED) is 0.877. The van der Waals surface area contributed by atoms with Gasteiger partial charge in [0.05, 0.1) is 10.0 Å². The van der Waals surface area contributed by atoms with Crippen molar-refractivity contribution in [2.75, 3.05) is 0 Å². The molecule has 1 aliphatic rings. The molecule has 0 spiro atoms. The number of nitrogens with zero attached hydrogens (tertiary/aromatic N) is 2. The lowest BCUT2D eigenvalue weighted by Gasteiger charge is -2.20. The summed E-state index contributed by atoms with van der Waals surface area (Å²) in [6, 6.07) is 1.84. The smallest absolute Gasteiger partial charge is 0.263 e. The summed E-state index contributed by atoms with van der Waals surface area (Å²) < 4.78 is 2.40. The van der Waals surface area contributed by atoms with Gasteiger partial charge in [-0.15, -0.1) is 0 Å². The molecule has 0 unspecified atom stereocenters. The van der Waals surface area contributed by atoms with Crippen molar-refractivity contribution in [2.24, 2.45) is 0 Å². The van der Waals surface area contributed by atoms with Crippen LogP contribution in [0, 0.1) is 0 Å². The first-order chi connectivity index (χ1) is 8.88. The van der Waals surface area contributed by atoms with Gasteiger partial charge in [0.15, 0.2) is 0 Å². The topological polar surface area (TPSA) is 50.7 Å². The molecule has 0 aromatic carbocycles. The lowest BCUT2D eigenvalue weighted by molar-refractivity contribution is 0.365. The zero-order valence-electron chi connectivity index (χ0n) is 11.0. The minimum atomic E-state index is -0.193. The Morgan fingerprint density at radius 3 is 2.58 bits per heavy atom. The third-order valence-corrected chi connectivity index (χ3v) is 3.69. The Bertz CT molecular complexity index is 787. The number of aromatic nitrogens is 3. The molecule has 0 fully saturated rings.